The van der Waals surface area contributed by atoms with Crippen LogP contribution in [0.5, 0.6) is 0 Å². The smallest absolute Gasteiger partial charge is 0.338 e. The molecule has 0 aromatic heterocycles. The molecule has 2 nitrogen and oxygen atoms in total. The lowest BCUT2D eigenvalue weighted by atomic mass is 9.79. The topological polar surface area (TPSA) is 26.3 Å². The van der Waals surface area contributed by atoms with Gasteiger partial charge in [-0.3, -0.25) is 0 Å². The third kappa shape index (κ3) is 2.51. The van der Waals surface area contributed by atoms with Crippen LogP contribution in [-0.4, -0.2) is 13.1 Å². The van der Waals surface area contributed by atoms with Gasteiger partial charge in [0.15, 0.2) is 0 Å². The van der Waals surface area contributed by atoms with Crippen LogP contribution >= 0.6 is 0 Å². The molecule has 0 unspecified atom stereocenters. The Hall–Kier alpha value is -1.31. The van der Waals surface area contributed by atoms with Crippen molar-refractivity contribution >= 4 is 5.97 Å². The first-order valence-corrected chi connectivity index (χ1v) is 6.30. The Morgan fingerprint density at radius 1 is 1.29 bits per heavy atom. The predicted molar refractivity (Wildman–Crippen MR) is 68.3 cm³/mol. The van der Waals surface area contributed by atoms with Crippen molar-refractivity contribution in [1.82, 2.24) is 0 Å². The molecule has 0 radical (unpaired) electrons. The van der Waals surface area contributed by atoms with E-state index in [0.717, 1.165) is 17.9 Å². The molecular formula is C15H20O2. The van der Waals surface area contributed by atoms with E-state index in [4.69, 9.17) is 4.74 Å². The molecule has 0 amide bonds. The van der Waals surface area contributed by atoms with Gasteiger partial charge in [-0.05, 0) is 48.9 Å². The highest BCUT2D eigenvalue weighted by Gasteiger charge is 2.19. The van der Waals surface area contributed by atoms with Crippen molar-refractivity contribution in [2.45, 2.75) is 39.5 Å². The van der Waals surface area contributed by atoms with Crippen LogP contribution in [0.4, 0.5) is 0 Å². The van der Waals surface area contributed by atoms with E-state index < -0.39 is 0 Å². The van der Waals surface area contributed by atoms with E-state index >= 15 is 0 Å². The molecule has 1 fully saturated rings. The summed E-state index contributed by atoms with van der Waals surface area (Å²) < 4.78 is 4.79. The minimum absolute atomic E-state index is 0.235. The molecule has 2 heteroatoms. The Morgan fingerprint density at radius 2 is 2.00 bits per heavy atom. The van der Waals surface area contributed by atoms with Gasteiger partial charge in [0.1, 0.15) is 0 Å². The van der Waals surface area contributed by atoms with E-state index in [0.29, 0.717) is 5.56 Å². The van der Waals surface area contributed by atoms with Gasteiger partial charge in [-0.1, -0.05) is 25.3 Å². The summed E-state index contributed by atoms with van der Waals surface area (Å²) in [5.74, 6) is 0.623. The SMILES string of the molecule is COC(=O)c1cc(C)c(CC2CCC2)cc1C. The number of carbonyl (C=O) groups is 1. The van der Waals surface area contributed by atoms with Crippen molar-refractivity contribution in [3.63, 3.8) is 0 Å². The van der Waals surface area contributed by atoms with Crippen LogP contribution in [0.1, 0.15) is 46.3 Å². The summed E-state index contributed by atoms with van der Waals surface area (Å²) in [4.78, 5) is 11.6. The Morgan fingerprint density at radius 3 is 2.53 bits per heavy atom. The van der Waals surface area contributed by atoms with Crippen molar-refractivity contribution in [3.05, 3.63) is 34.4 Å². The summed E-state index contributed by atoms with van der Waals surface area (Å²) in [6.07, 6.45) is 5.26. The lowest BCUT2D eigenvalue weighted by Gasteiger charge is -2.26. The molecule has 92 valence electrons. The van der Waals surface area contributed by atoms with Crippen LogP contribution in [-0.2, 0) is 11.2 Å². The second kappa shape index (κ2) is 4.91. The highest BCUT2D eigenvalue weighted by molar-refractivity contribution is 5.91. The number of ether oxygens (including phenoxy) is 1. The largest absolute Gasteiger partial charge is 0.465 e. The molecule has 1 aliphatic carbocycles. The lowest BCUT2D eigenvalue weighted by Crippen LogP contribution is -2.15. The fourth-order valence-corrected chi connectivity index (χ4v) is 2.43. The van der Waals surface area contributed by atoms with E-state index in [1.54, 1.807) is 0 Å². The van der Waals surface area contributed by atoms with E-state index in [1.807, 2.05) is 13.0 Å². The first-order valence-electron chi connectivity index (χ1n) is 6.30. The van der Waals surface area contributed by atoms with Crippen molar-refractivity contribution in [3.8, 4) is 0 Å². The maximum absolute atomic E-state index is 11.6. The van der Waals surface area contributed by atoms with E-state index in [-0.39, 0.29) is 5.97 Å². The molecule has 0 atom stereocenters. The first-order chi connectivity index (χ1) is 8.11. The Bertz CT molecular complexity index is 431. The molecule has 2 rings (SSSR count). The van der Waals surface area contributed by atoms with E-state index in [2.05, 4.69) is 13.0 Å². The van der Waals surface area contributed by atoms with Gasteiger partial charge in [-0.25, -0.2) is 4.79 Å². The third-order valence-corrected chi connectivity index (χ3v) is 3.82. The van der Waals surface area contributed by atoms with Crippen molar-refractivity contribution in [2.75, 3.05) is 7.11 Å². The molecule has 1 saturated carbocycles. The zero-order valence-electron chi connectivity index (χ0n) is 10.9. The quantitative estimate of drug-likeness (QED) is 0.746. The van der Waals surface area contributed by atoms with Gasteiger partial charge in [0, 0.05) is 0 Å². The molecule has 1 aliphatic rings. The molecule has 0 saturated heterocycles. The maximum atomic E-state index is 11.6. The summed E-state index contributed by atoms with van der Waals surface area (Å²) in [6, 6.07) is 4.12. The molecule has 17 heavy (non-hydrogen) atoms. The number of benzene rings is 1. The number of rotatable bonds is 3. The fourth-order valence-electron chi connectivity index (χ4n) is 2.43. The van der Waals surface area contributed by atoms with Crippen LogP contribution in [0.2, 0.25) is 0 Å². The molecule has 1 aromatic rings. The van der Waals surface area contributed by atoms with Gasteiger partial charge in [-0.15, -0.1) is 0 Å². The van der Waals surface area contributed by atoms with Crippen LogP contribution in [0.25, 0.3) is 0 Å². The molecule has 1 aromatic carbocycles. The number of hydrogen-bond donors (Lipinski definition) is 0. The maximum Gasteiger partial charge on any atom is 0.338 e. The van der Waals surface area contributed by atoms with Crippen LogP contribution in [0.15, 0.2) is 12.1 Å². The number of carbonyl (C=O) groups excluding carboxylic acids is 1. The van der Waals surface area contributed by atoms with E-state index in [1.165, 1.54) is 37.5 Å². The zero-order chi connectivity index (χ0) is 12.4. The van der Waals surface area contributed by atoms with Gasteiger partial charge >= 0.3 is 5.97 Å². The average molecular weight is 232 g/mol. The van der Waals surface area contributed by atoms with Crippen molar-refractivity contribution < 1.29 is 9.53 Å². The molecule has 0 heterocycles. The average Bonchev–Trinajstić information content (AvgIpc) is 2.26. The molecule has 0 aliphatic heterocycles. The Labute approximate surface area is 103 Å². The van der Waals surface area contributed by atoms with Crippen molar-refractivity contribution in [2.24, 2.45) is 5.92 Å². The second-order valence-corrected chi connectivity index (χ2v) is 5.09. The number of hydrogen-bond acceptors (Lipinski definition) is 2. The minimum Gasteiger partial charge on any atom is -0.465 e. The lowest BCUT2D eigenvalue weighted by molar-refractivity contribution is 0.0600. The van der Waals surface area contributed by atoms with Gasteiger partial charge in [0.25, 0.3) is 0 Å². The highest BCUT2D eigenvalue weighted by Crippen LogP contribution is 2.31. The first kappa shape index (κ1) is 12.2. The normalized spacial score (nSPS) is 15.5. The van der Waals surface area contributed by atoms with Crippen LogP contribution < -0.4 is 0 Å². The molecular weight excluding hydrogens is 212 g/mol. The molecule has 0 spiro atoms. The van der Waals surface area contributed by atoms with Gasteiger partial charge in [-0.2, -0.15) is 0 Å². The second-order valence-electron chi connectivity index (χ2n) is 5.09. The number of aryl methyl sites for hydroxylation is 2. The summed E-state index contributed by atoms with van der Waals surface area (Å²) in [6.45, 7) is 4.07. The Kier molecular flexibility index (Phi) is 3.51. The standard InChI is InChI=1S/C15H20O2/c1-10-8-14(15(16)17-3)11(2)7-13(10)9-12-5-4-6-12/h7-8,12H,4-6,9H2,1-3H3. The summed E-state index contributed by atoms with van der Waals surface area (Å²) >= 11 is 0. The number of esters is 1. The summed E-state index contributed by atoms with van der Waals surface area (Å²) in [5, 5.41) is 0. The fraction of sp³-hybridized carbons (Fsp3) is 0.533. The van der Waals surface area contributed by atoms with Gasteiger partial charge in [0.2, 0.25) is 0 Å². The highest BCUT2D eigenvalue weighted by atomic mass is 16.5. The summed E-state index contributed by atoms with van der Waals surface area (Å²) in [7, 11) is 1.43. The zero-order valence-corrected chi connectivity index (χ0v) is 10.9. The van der Waals surface area contributed by atoms with E-state index in [9.17, 15) is 4.79 Å². The Balaban J connectivity index is 2.24. The monoisotopic (exact) mass is 232 g/mol. The third-order valence-electron chi connectivity index (χ3n) is 3.82. The molecule has 0 N–H and O–H groups in total. The minimum atomic E-state index is -0.235. The molecule has 0 bridgehead atoms. The summed E-state index contributed by atoms with van der Waals surface area (Å²) in [5.41, 5.74) is 4.32. The van der Waals surface area contributed by atoms with Crippen molar-refractivity contribution in [1.29, 1.82) is 0 Å². The van der Waals surface area contributed by atoms with Crippen LogP contribution in [0.3, 0.4) is 0 Å². The van der Waals surface area contributed by atoms with Crippen LogP contribution in [0, 0.1) is 19.8 Å². The number of methoxy groups -OCH3 is 1. The van der Waals surface area contributed by atoms with Gasteiger partial charge in [0.05, 0.1) is 12.7 Å². The predicted octanol–water partition coefficient (Wildman–Crippen LogP) is 3.43. The van der Waals surface area contributed by atoms with Gasteiger partial charge < -0.3 is 4.74 Å².